The average molecular weight is 1130 g/mol. The van der Waals surface area contributed by atoms with Crippen LogP contribution < -0.4 is 0 Å². The summed E-state index contributed by atoms with van der Waals surface area (Å²) >= 11 is 0. The van der Waals surface area contributed by atoms with Gasteiger partial charge in [-0.3, -0.25) is 14.4 Å². The molecule has 1 unspecified atom stereocenters. The minimum absolute atomic E-state index is 0.0725. The molecule has 472 valence electrons. The molecule has 0 fully saturated rings. The van der Waals surface area contributed by atoms with E-state index in [1.54, 1.807) is 0 Å². The monoisotopic (exact) mass is 1130 g/mol. The van der Waals surface area contributed by atoms with Crippen LogP contribution in [0.15, 0.2) is 24.3 Å². The Balaban J connectivity index is 4.00. The van der Waals surface area contributed by atoms with Crippen LogP contribution in [-0.4, -0.2) is 37.2 Å². The van der Waals surface area contributed by atoms with Gasteiger partial charge in [0.05, 0.1) is 0 Å². The summed E-state index contributed by atoms with van der Waals surface area (Å²) in [5.41, 5.74) is 0. The van der Waals surface area contributed by atoms with Gasteiger partial charge in [-0.2, -0.15) is 0 Å². The third kappa shape index (κ3) is 66.7. The van der Waals surface area contributed by atoms with Crippen LogP contribution in [0.5, 0.6) is 0 Å². The highest BCUT2D eigenvalue weighted by Crippen LogP contribution is 2.19. The molecule has 0 aromatic carbocycles. The molecule has 0 aromatic rings. The van der Waals surface area contributed by atoms with E-state index in [0.29, 0.717) is 19.3 Å². The number of hydrogen-bond acceptors (Lipinski definition) is 6. The summed E-state index contributed by atoms with van der Waals surface area (Å²) in [6.45, 7) is 6.65. The fourth-order valence-corrected chi connectivity index (χ4v) is 11.2. The average Bonchev–Trinajstić information content (AvgIpc) is 3.46. The van der Waals surface area contributed by atoms with Crippen molar-refractivity contribution in [1.29, 1.82) is 0 Å². The lowest BCUT2D eigenvalue weighted by molar-refractivity contribution is -0.167. The summed E-state index contributed by atoms with van der Waals surface area (Å²) in [6, 6.07) is 0. The zero-order valence-electron chi connectivity index (χ0n) is 54.4. The first kappa shape index (κ1) is 77.9. The number of carbonyl (C=O) groups is 3. The van der Waals surface area contributed by atoms with Crippen molar-refractivity contribution in [2.45, 2.75) is 419 Å². The van der Waals surface area contributed by atoms with E-state index in [1.807, 2.05) is 0 Å². The molecule has 0 aliphatic heterocycles. The van der Waals surface area contributed by atoms with E-state index in [0.717, 1.165) is 70.6 Å². The molecule has 6 nitrogen and oxygen atoms in total. The Morgan fingerprint density at radius 1 is 0.237 bits per heavy atom. The molecule has 0 saturated heterocycles. The van der Waals surface area contributed by atoms with Gasteiger partial charge in [-0.25, -0.2) is 0 Å². The van der Waals surface area contributed by atoms with Gasteiger partial charge < -0.3 is 14.2 Å². The first-order valence-electron chi connectivity index (χ1n) is 36.3. The van der Waals surface area contributed by atoms with E-state index in [2.05, 4.69) is 45.1 Å². The highest BCUT2D eigenvalue weighted by atomic mass is 16.6. The molecule has 0 aromatic heterocycles. The highest BCUT2D eigenvalue weighted by Gasteiger charge is 2.19. The van der Waals surface area contributed by atoms with Crippen LogP contribution in [0, 0.1) is 0 Å². The number of hydrogen-bond donors (Lipinski definition) is 0. The number of rotatable bonds is 68. The van der Waals surface area contributed by atoms with E-state index in [4.69, 9.17) is 14.2 Å². The summed E-state index contributed by atoms with van der Waals surface area (Å²) in [7, 11) is 0. The molecule has 0 radical (unpaired) electrons. The lowest BCUT2D eigenvalue weighted by Gasteiger charge is -2.18. The van der Waals surface area contributed by atoms with Gasteiger partial charge in [0.2, 0.25) is 0 Å². The molecule has 0 N–H and O–H groups in total. The van der Waals surface area contributed by atoms with Crippen molar-refractivity contribution < 1.29 is 28.6 Å². The van der Waals surface area contributed by atoms with E-state index >= 15 is 0 Å². The topological polar surface area (TPSA) is 78.9 Å². The first-order valence-corrected chi connectivity index (χ1v) is 36.3. The van der Waals surface area contributed by atoms with Crippen LogP contribution in [0.3, 0.4) is 0 Å². The molecule has 0 heterocycles. The van der Waals surface area contributed by atoms with Crippen molar-refractivity contribution in [1.82, 2.24) is 0 Å². The minimum atomic E-state index is -0.776. The van der Waals surface area contributed by atoms with Crippen molar-refractivity contribution >= 4 is 17.9 Å². The zero-order chi connectivity index (χ0) is 57.8. The Morgan fingerprint density at radius 3 is 0.662 bits per heavy atom. The predicted octanol–water partition coefficient (Wildman–Crippen LogP) is 25.0. The second-order valence-corrected chi connectivity index (χ2v) is 24.9. The molecular formula is C74H140O6. The molecule has 0 amide bonds. The molecule has 0 bridgehead atoms. The Bertz CT molecular complexity index is 1290. The molecule has 0 aliphatic carbocycles. The van der Waals surface area contributed by atoms with Crippen LogP contribution in [-0.2, 0) is 28.6 Å². The van der Waals surface area contributed by atoms with Gasteiger partial charge in [0.25, 0.3) is 0 Å². The zero-order valence-corrected chi connectivity index (χ0v) is 54.4. The fourth-order valence-electron chi connectivity index (χ4n) is 11.2. The molecular weight excluding hydrogens is 985 g/mol. The molecule has 0 saturated carbocycles. The maximum absolute atomic E-state index is 12.9. The molecule has 80 heavy (non-hydrogen) atoms. The summed E-state index contributed by atoms with van der Waals surface area (Å²) in [5.74, 6) is -0.865. The summed E-state index contributed by atoms with van der Waals surface area (Å²) < 4.78 is 16.9. The van der Waals surface area contributed by atoms with Crippen LogP contribution >= 0.6 is 0 Å². The molecule has 0 rings (SSSR count). The standard InChI is InChI=1S/C74H140O6/c1-4-7-10-13-16-19-22-24-26-28-29-30-31-32-33-34-35-36-37-38-39-40-41-42-43-44-45-46-48-49-52-55-58-61-64-67-73(76)79-70-71(69-78-72(75)66-63-60-57-54-51-21-18-15-12-9-6-3)80-74(77)68-65-62-59-56-53-50-47-27-25-23-20-17-14-11-8-5-2/h15,18,27,47,71H,4-14,16-17,19-26,28-46,48-70H2,1-3H3/b18-15-,47-27-. The Hall–Kier alpha value is -2.11. The molecule has 0 aliphatic rings. The third-order valence-corrected chi connectivity index (χ3v) is 16.7. The maximum atomic E-state index is 12.9. The normalized spacial score (nSPS) is 12.1. The molecule has 6 heteroatoms. The number of esters is 3. The molecule has 1 atom stereocenters. The number of ether oxygens (including phenoxy) is 3. The summed E-state index contributed by atoms with van der Waals surface area (Å²) in [4.78, 5) is 38.3. The van der Waals surface area contributed by atoms with Crippen LogP contribution in [0.25, 0.3) is 0 Å². The lowest BCUT2D eigenvalue weighted by atomic mass is 10.0. The quantitative estimate of drug-likeness (QED) is 0.0261. The second kappa shape index (κ2) is 69.4. The van der Waals surface area contributed by atoms with E-state index in [-0.39, 0.29) is 31.1 Å². The SMILES string of the molecule is CCCC/C=C\CCCCCCCC(=O)OCC(COC(=O)CCCCCCCCCCCCCCCCCCCCCCCCCCCCCCCCCCCCC)OC(=O)CCCCCCC/C=C\CCCCCCCCC. The van der Waals surface area contributed by atoms with Gasteiger partial charge in [0.15, 0.2) is 6.10 Å². The van der Waals surface area contributed by atoms with Crippen molar-refractivity contribution in [2.75, 3.05) is 13.2 Å². The summed E-state index contributed by atoms with van der Waals surface area (Å²) in [5, 5.41) is 0. The smallest absolute Gasteiger partial charge is 0.306 e. The largest absolute Gasteiger partial charge is 0.462 e. The third-order valence-electron chi connectivity index (χ3n) is 16.7. The van der Waals surface area contributed by atoms with Crippen LogP contribution in [0.2, 0.25) is 0 Å². The second-order valence-electron chi connectivity index (χ2n) is 24.9. The Kier molecular flexibility index (Phi) is 67.6. The predicted molar refractivity (Wildman–Crippen MR) is 349 cm³/mol. The van der Waals surface area contributed by atoms with E-state index in [1.165, 1.54) is 302 Å². The number of unbranched alkanes of at least 4 members (excludes halogenated alkanes) is 53. The van der Waals surface area contributed by atoms with E-state index in [9.17, 15) is 14.4 Å². The van der Waals surface area contributed by atoms with Crippen LogP contribution in [0.4, 0.5) is 0 Å². The van der Waals surface area contributed by atoms with Gasteiger partial charge in [-0.05, 0) is 64.2 Å². The highest BCUT2D eigenvalue weighted by molar-refractivity contribution is 5.71. The maximum Gasteiger partial charge on any atom is 0.306 e. The molecule has 0 spiro atoms. The fraction of sp³-hybridized carbons (Fsp3) is 0.905. The van der Waals surface area contributed by atoms with Gasteiger partial charge in [0, 0.05) is 19.3 Å². The Morgan fingerprint density at radius 2 is 0.425 bits per heavy atom. The van der Waals surface area contributed by atoms with Crippen molar-refractivity contribution in [2.24, 2.45) is 0 Å². The lowest BCUT2D eigenvalue weighted by Crippen LogP contribution is -2.30. The number of allylic oxidation sites excluding steroid dienone is 4. The van der Waals surface area contributed by atoms with Gasteiger partial charge in [-0.15, -0.1) is 0 Å². The van der Waals surface area contributed by atoms with Crippen molar-refractivity contribution in [3.05, 3.63) is 24.3 Å². The van der Waals surface area contributed by atoms with Gasteiger partial charge in [0.1, 0.15) is 13.2 Å². The first-order chi connectivity index (χ1) is 39.5. The summed E-state index contributed by atoms with van der Waals surface area (Å²) in [6.07, 6.45) is 85.3. The minimum Gasteiger partial charge on any atom is -0.462 e. The van der Waals surface area contributed by atoms with Crippen molar-refractivity contribution in [3.8, 4) is 0 Å². The number of carbonyl (C=O) groups excluding carboxylic acids is 3. The van der Waals surface area contributed by atoms with Crippen LogP contribution in [0.1, 0.15) is 412 Å². The van der Waals surface area contributed by atoms with Gasteiger partial charge >= 0.3 is 17.9 Å². The van der Waals surface area contributed by atoms with E-state index < -0.39 is 6.10 Å². The van der Waals surface area contributed by atoms with Gasteiger partial charge in [-0.1, -0.05) is 353 Å². The van der Waals surface area contributed by atoms with Crippen molar-refractivity contribution in [3.63, 3.8) is 0 Å². The Labute approximate surface area is 500 Å².